The normalized spacial score (nSPS) is 12.9. The van der Waals surface area contributed by atoms with Crippen molar-refractivity contribution in [2.24, 2.45) is 0 Å². The summed E-state index contributed by atoms with van der Waals surface area (Å²) >= 11 is 0. The number of fused-ring (bicyclic) bond motifs is 2. The Morgan fingerprint density at radius 2 is 1.52 bits per heavy atom. The molecule has 1 aliphatic heterocycles. The summed E-state index contributed by atoms with van der Waals surface area (Å²) < 4.78 is 19.3. The van der Waals surface area contributed by atoms with E-state index in [4.69, 9.17) is 9.72 Å². The molecule has 1 fully saturated rings. The van der Waals surface area contributed by atoms with Gasteiger partial charge < -0.3 is 35.6 Å². The van der Waals surface area contributed by atoms with Crippen LogP contribution in [0.4, 0.5) is 37.6 Å². The van der Waals surface area contributed by atoms with Crippen LogP contribution in [0.1, 0.15) is 28.5 Å². The molecule has 0 aliphatic carbocycles. The Morgan fingerprint density at radius 1 is 0.827 bits per heavy atom. The van der Waals surface area contributed by atoms with Gasteiger partial charge in [0.25, 0.3) is 5.91 Å². The first kappa shape index (κ1) is 34.2. The van der Waals surface area contributed by atoms with E-state index in [2.05, 4.69) is 20.9 Å². The van der Waals surface area contributed by atoms with Gasteiger partial charge in [0, 0.05) is 54.0 Å². The molecule has 3 heterocycles. The maximum absolute atomic E-state index is 13.9. The summed E-state index contributed by atoms with van der Waals surface area (Å²) in [6.45, 7) is 3.54. The van der Waals surface area contributed by atoms with Crippen molar-refractivity contribution in [3.8, 4) is 5.88 Å². The number of hydrogen-bond donors (Lipinski definition) is 4. The number of halogens is 1. The molecular weight excluding hydrogens is 661 g/mol. The molecule has 3 amide bonds. The van der Waals surface area contributed by atoms with Gasteiger partial charge in [0.15, 0.2) is 0 Å². The number of hydrogen-bond acceptors (Lipinski definition) is 8. The minimum absolute atomic E-state index is 0.186. The van der Waals surface area contributed by atoms with E-state index in [1.54, 1.807) is 29.2 Å². The molecule has 0 atom stereocenters. The molecule has 0 unspecified atom stereocenters. The molecule has 7 rings (SSSR count). The van der Waals surface area contributed by atoms with Crippen LogP contribution in [0.25, 0.3) is 21.8 Å². The largest absolute Gasteiger partial charge is 0.480 e. The van der Waals surface area contributed by atoms with Crippen LogP contribution in [0.2, 0.25) is 0 Å². The summed E-state index contributed by atoms with van der Waals surface area (Å²) in [5, 5.41) is 21.4. The monoisotopic (exact) mass is 699 g/mol. The average molecular weight is 700 g/mol. The fourth-order valence-electron chi connectivity index (χ4n) is 6.52. The number of aliphatic hydroxyl groups is 1. The van der Waals surface area contributed by atoms with Crippen LogP contribution >= 0.6 is 0 Å². The van der Waals surface area contributed by atoms with Gasteiger partial charge in [0.1, 0.15) is 11.5 Å². The molecule has 1 aliphatic rings. The quantitative estimate of drug-likeness (QED) is 0.115. The number of amides is 3. The molecule has 4 aromatic carbocycles. The van der Waals surface area contributed by atoms with Gasteiger partial charge in [0.2, 0.25) is 5.88 Å². The Hall–Kier alpha value is -6.27. The summed E-state index contributed by atoms with van der Waals surface area (Å²) in [5.74, 6) is -0.559. The second kappa shape index (κ2) is 14.9. The predicted octanol–water partition coefficient (Wildman–Crippen LogP) is 7.34. The molecule has 11 nitrogen and oxygen atoms in total. The van der Waals surface area contributed by atoms with Gasteiger partial charge in [0.05, 0.1) is 41.7 Å². The molecule has 2 aromatic heterocycles. The van der Waals surface area contributed by atoms with E-state index in [0.29, 0.717) is 55.2 Å². The fraction of sp³-hybridized carbons (Fsp3) is 0.200. The van der Waals surface area contributed by atoms with Crippen molar-refractivity contribution in [3.63, 3.8) is 0 Å². The number of anilines is 5. The van der Waals surface area contributed by atoms with Crippen molar-refractivity contribution in [3.05, 3.63) is 120 Å². The van der Waals surface area contributed by atoms with E-state index in [0.717, 1.165) is 33.2 Å². The van der Waals surface area contributed by atoms with Gasteiger partial charge in [-0.05, 0) is 66.6 Å². The Morgan fingerprint density at radius 3 is 2.17 bits per heavy atom. The number of piperazine rings is 1. The van der Waals surface area contributed by atoms with Gasteiger partial charge in [-0.2, -0.15) is 0 Å². The van der Waals surface area contributed by atoms with E-state index in [1.165, 1.54) is 19.2 Å². The minimum atomic E-state index is -0.438. The first-order valence-electron chi connectivity index (χ1n) is 17.1. The van der Waals surface area contributed by atoms with E-state index in [9.17, 15) is 19.1 Å². The van der Waals surface area contributed by atoms with Crippen LogP contribution in [0.3, 0.4) is 0 Å². The Bertz CT molecular complexity index is 2240. The lowest BCUT2D eigenvalue weighted by atomic mass is 10.1. The molecule has 6 aromatic rings. The molecular formula is C40H38FN7O4. The van der Waals surface area contributed by atoms with Crippen molar-refractivity contribution < 1.29 is 23.8 Å². The number of rotatable bonds is 9. The van der Waals surface area contributed by atoms with Crippen LogP contribution in [0.5, 0.6) is 5.88 Å². The maximum Gasteiger partial charge on any atom is 0.322 e. The van der Waals surface area contributed by atoms with Crippen molar-refractivity contribution >= 4 is 62.2 Å². The van der Waals surface area contributed by atoms with Gasteiger partial charge in [-0.3, -0.25) is 4.79 Å². The number of benzene rings is 4. The topological polar surface area (TPSA) is 132 Å². The fourth-order valence-corrected chi connectivity index (χ4v) is 6.52. The highest BCUT2D eigenvalue weighted by Gasteiger charge is 2.25. The van der Waals surface area contributed by atoms with Gasteiger partial charge >= 0.3 is 6.03 Å². The zero-order valence-electron chi connectivity index (χ0n) is 28.8. The maximum atomic E-state index is 13.9. The first-order valence-corrected chi connectivity index (χ1v) is 17.1. The molecule has 0 radical (unpaired) electrons. The highest BCUT2D eigenvalue weighted by atomic mass is 19.1. The third-order valence-corrected chi connectivity index (χ3v) is 9.11. The first-order chi connectivity index (χ1) is 25.3. The second-order valence-electron chi connectivity index (χ2n) is 12.5. The van der Waals surface area contributed by atoms with Crippen LogP contribution in [0.15, 0.2) is 97.1 Å². The molecule has 264 valence electrons. The zero-order chi connectivity index (χ0) is 36.2. The van der Waals surface area contributed by atoms with Crippen molar-refractivity contribution in [1.82, 2.24) is 14.9 Å². The number of aromatic nitrogens is 2. The molecule has 0 saturated carbocycles. The lowest BCUT2D eigenvalue weighted by molar-refractivity contribution is 0.102. The van der Waals surface area contributed by atoms with E-state index in [-0.39, 0.29) is 35.6 Å². The van der Waals surface area contributed by atoms with Crippen molar-refractivity contribution in [1.29, 1.82) is 0 Å². The van der Waals surface area contributed by atoms with Crippen LogP contribution in [0, 0.1) is 5.82 Å². The SMILES string of the molecule is CCc1nc(OC)c(NC(=O)N2CCN(c3cccc(F)c3)CC2)cc1C(=O)Nc1cc(CO)cc(Nc2c3ccccc3nc3ccccc23)c1. The Balaban J connectivity index is 1.12. The number of methoxy groups -OCH3 is 1. The third-order valence-electron chi connectivity index (χ3n) is 9.11. The van der Waals surface area contributed by atoms with Crippen LogP contribution in [-0.4, -0.2) is 65.2 Å². The summed E-state index contributed by atoms with van der Waals surface area (Å²) in [4.78, 5) is 40.4. The Kier molecular flexibility index (Phi) is 9.81. The summed E-state index contributed by atoms with van der Waals surface area (Å²) in [6.07, 6.45) is 0.432. The predicted molar refractivity (Wildman–Crippen MR) is 202 cm³/mol. The number of aliphatic hydroxyl groups excluding tert-OH is 1. The van der Waals surface area contributed by atoms with Gasteiger partial charge in [-0.25, -0.2) is 19.2 Å². The number of nitrogens with one attached hydrogen (secondary N) is 3. The standard InChI is InChI=1S/C40H38FN7O4/c1-3-33-32(23-36(39(45-33)52-2)46-40(51)48-17-15-47(16-18-48)29-10-8-9-26(41)21-29)38(50)43-28-20-25(24-49)19-27(22-28)42-37-30-11-4-6-13-34(30)44-35-14-7-5-12-31(35)37/h4-14,19-23,49H,3,15-18,24H2,1-2H3,(H,42,44)(H,43,50)(H,46,51). The number of aryl methyl sites for hydroxylation is 1. The lowest BCUT2D eigenvalue weighted by Gasteiger charge is -2.36. The van der Waals surface area contributed by atoms with Crippen LogP contribution in [-0.2, 0) is 13.0 Å². The number of carbonyl (C=O) groups is 2. The summed E-state index contributed by atoms with van der Waals surface area (Å²) in [6, 6.07) is 28.7. The van der Waals surface area contributed by atoms with Crippen molar-refractivity contribution in [2.45, 2.75) is 20.0 Å². The van der Waals surface area contributed by atoms with Gasteiger partial charge in [-0.15, -0.1) is 0 Å². The molecule has 52 heavy (non-hydrogen) atoms. The van der Waals surface area contributed by atoms with Gasteiger partial charge in [-0.1, -0.05) is 49.4 Å². The smallest absolute Gasteiger partial charge is 0.322 e. The third kappa shape index (κ3) is 7.14. The van der Waals surface area contributed by atoms with Crippen LogP contribution < -0.4 is 25.6 Å². The number of carbonyl (C=O) groups excluding carboxylic acids is 2. The minimum Gasteiger partial charge on any atom is -0.480 e. The highest BCUT2D eigenvalue weighted by Crippen LogP contribution is 2.34. The molecule has 0 spiro atoms. The number of urea groups is 1. The zero-order valence-corrected chi connectivity index (χ0v) is 28.8. The van der Waals surface area contributed by atoms with E-state index < -0.39 is 5.91 Å². The number of nitrogens with zero attached hydrogens (tertiary/aromatic N) is 4. The number of ether oxygens (including phenoxy) is 1. The van der Waals surface area contributed by atoms with E-state index >= 15 is 0 Å². The molecule has 1 saturated heterocycles. The second-order valence-corrected chi connectivity index (χ2v) is 12.5. The molecule has 4 N–H and O–H groups in total. The van der Waals surface area contributed by atoms with Crippen molar-refractivity contribution in [2.75, 3.05) is 54.1 Å². The lowest BCUT2D eigenvalue weighted by Crippen LogP contribution is -2.50. The molecule has 12 heteroatoms. The molecule has 0 bridgehead atoms. The Labute approximate surface area is 300 Å². The number of para-hydroxylation sites is 2. The average Bonchev–Trinajstić information content (AvgIpc) is 3.17. The number of pyridine rings is 2. The van der Waals surface area contributed by atoms with E-state index in [1.807, 2.05) is 72.5 Å². The summed E-state index contributed by atoms with van der Waals surface area (Å²) in [7, 11) is 1.46. The summed E-state index contributed by atoms with van der Waals surface area (Å²) in [5.41, 5.74) is 6.03. The highest BCUT2D eigenvalue weighted by molar-refractivity contribution is 6.09.